The van der Waals surface area contributed by atoms with E-state index in [9.17, 15) is 0 Å². The summed E-state index contributed by atoms with van der Waals surface area (Å²) in [4.78, 5) is 0. The quantitative estimate of drug-likeness (QED) is 0.517. The molecule has 0 saturated heterocycles. The average molecular weight is 326 g/mol. The van der Waals surface area contributed by atoms with Gasteiger partial charge in [0.1, 0.15) is 0 Å². The first-order valence-electron chi connectivity index (χ1n) is 4.58. The number of halogens is 5. The van der Waals surface area contributed by atoms with Gasteiger partial charge in [0.2, 0.25) is 0 Å². The van der Waals surface area contributed by atoms with E-state index < -0.39 is 0 Å². The largest absolute Gasteiger partial charge is 0.0843 e. The van der Waals surface area contributed by atoms with Gasteiger partial charge < -0.3 is 0 Å². The van der Waals surface area contributed by atoms with Gasteiger partial charge >= 0.3 is 0 Å². The molecule has 0 aliphatic carbocycles. The SMILES string of the molecule is Clc1cc(Cl)cc(-c2cc(Cl)c(Cl)cc2Cl)c1. The first kappa shape index (κ1) is 13.3. The highest BCUT2D eigenvalue weighted by Gasteiger charge is 2.09. The Labute approximate surface area is 124 Å². The third-order valence-electron chi connectivity index (χ3n) is 2.18. The zero-order valence-corrected chi connectivity index (χ0v) is 12.1. The van der Waals surface area contributed by atoms with Crippen molar-refractivity contribution >= 4 is 58.0 Å². The molecule has 0 bridgehead atoms. The lowest BCUT2D eigenvalue weighted by Gasteiger charge is -2.08. The lowest BCUT2D eigenvalue weighted by atomic mass is 10.1. The average Bonchev–Trinajstić information content (AvgIpc) is 2.22. The van der Waals surface area contributed by atoms with Crippen LogP contribution in [0.15, 0.2) is 30.3 Å². The molecule has 2 aromatic rings. The normalized spacial score (nSPS) is 10.6. The molecule has 0 aliphatic heterocycles. The summed E-state index contributed by atoms with van der Waals surface area (Å²) in [6.45, 7) is 0. The highest BCUT2D eigenvalue weighted by atomic mass is 35.5. The Balaban J connectivity index is 2.64. The van der Waals surface area contributed by atoms with Gasteiger partial charge in [-0.3, -0.25) is 0 Å². The Kier molecular flexibility index (Phi) is 4.12. The number of benzene rings is 2. The van der Waals surface area contributed by atoms with Crippen LogP contribution in [0.5, 0.6) is 0 Å². The summed E-state index contributed by atoms with van der Waals surface area (Å²) in [5, 5.41) is 2.41. The monoisotopic (exact) mass is 324 g/mol. The lowest BCUT2D eigenvalue weighted by molar-refractivity contribution is 1.61. The van der Waals surface area contributed by atoms with E-state index in [4.69, 9.17) is 58.0 Å². The van der Waals surface area contributed by atoms with E-state index >= 15 is 0 Å². The van der Waals surface area contributed by atoms with Gasteiger partial charge in [0.05, 0.1) is 10.0 Å². The van der Waals surface area contributed by atoms with Crippen LogP contribution in [0.25, 0.3) is 11.1 Å². The molecular formula is C12H5Cl5. The van der Waals surface area contributed by atoms with Gasteiger partial charge in [0.25, 0.3) is 0 Å². The van der Waals surface area contributed by atoms with Crippen molar-refractivity contribution in [3.05, 3.63) is 55.4 Å². The Morgan fingerprint density at radius 1 is 0.529 bits per heavy atom. The van der Waals surface area contributed by atoms with Crippen molar-refractivity contribution < 1.29 is 0 Å². The topological polar surface area (TPSA) is 0 Å². The lowest BCUT2D eigenvalue weighted by Crippen LogP contribution is -1.82. The van der Waals surface area contributed by atoms with Crippen LogP contribution in [-0.2, 0) is 0 Å². The Bertz CT molecular complexity index is 557. The van der Waals surface area contributed by atoms with E-state index in [2.05, 4.69) is 0 Å². The third-order valence-corrected chi connectivity index (χ3v) is 3.65. The van der Waals surface area contributed by atoms with Crippen LogP contribution in [0.4, 0.5) is 0 Å². The Morgan fingerprint density at radius 3 is 1.65 bits per heavy atom. The maximum atomic E-state index is 6.11. The van der Waals surface area contributed by atoms with Crippen LogP contribution in [0.2, 0.25) is 25.1 Å². The highest BCUT2D eigenvalue weighted by Crippen LogP contribution is 2.37. The summed E-state index contributed by atoms with van der Waals surface area (Å²) in [6, 6.07) is 8.46. The predicted molar refractivity (Wildman–Crippen MR) is 76.9 cm³/mol. The fraction of sp³-hybridized carbons (Fsp3) is 0. The van der Waals surface area contributed by atoms with E-state index in [1.807, 2.05) is 0 Å². The minimum absolute atomic E-state index is 0.411. The second-order valence-corrected chi connectivity index (χ2v) is 5.50. The molecule has 2 aromatic carbocycles. The fourth-order valence-electron chi connectivity index (χ4n) is 1.45. The second kappa shape index (κ2) is 5.26. The Morgan fingerprint density at radius 2 is 1.06 bits per heavy atom. The molecular weight excluding hydrogens is 321 g/mol. The molecule has 0 aromatic heterocycles. The molecule has 0 fully saturated rings. The summed E-state index contributed by atoms with van der Waals surface area (Å²) in [5.74, 6) is 0. The zero-order chi connectivity index (χ0) is 12.6. The second-order valence-electron chi connectivity index (χ2n) is 3.40. The minimum Gasteiger partial charge on any atom is -0.0843 e. The van der Waals surface area contributed by atoms with Gasteiger partial charge in [-0.15, -0.1) is 0 Å². The predicted octanol–water partition coefficient (Wildman–Crippen LogP) is 6.62. The smallest absolute Gasteiger partial charge is 0.0607 e. The third kappa shape index (κ3) is 3.01. The molecule has 0 saturated carbocycles. The van der Waals surface area contributed by atoms with Crippen LogP contribution in [-0.4, -0.2) is 0 Å². The molecule has 88 valence electrons. The van der Waals surface area contributed by atoms with Gasteiger partial charge in [-0.2, -0.15) is 0 Å². The van der Waals surface area contributed by atoms with Crippen LogP contribution in [0.1, 0.15) is 0 Å². The molecule has 0 radical (unpaired) electrons. The van der Waals surface area contributed by atoms with Crippen molar-refractivity contribution in [2.45, 2.75) is 0 Å². The molecule has 17 heavy (non-hydrogen) atoms. The van der Waals surface area contributed by atoms with E-state index in [0.717, 1.165) is 11.1 Å². The van der Waals surface area contributed by atoms with Crippen molar-refractivity contribution in [1.29, 1.82) is 0 Å². The van der Waals surface area contributed by atoms with Crippen molar-refractivity contribution in [1.82, 2.24) is 0 Å². The molecule has 0 amide bonds. The van der Waals surface area contributed by atoms with Gasteiger partial charge in [-0.1, -0.05) is 58.0 Å². The molecule has 0 atom stereocenters. The minimum atomic E-state index is 0.411. The van der Waals surface area contributed by atoms with Gasteiger partial charge in [-0.05, 0) is 35.9 Å². The standard InChI is InChI=1S/C12H5Cl5/c13-7-1-6(2-8(14)3-7)9-4-11(16)12(17)5-10(9)15/h1-5H. The molecule has 0 spiro atoms. The summed E-state index contributed by atoms with van der Waals surface area (Å²) in [5.41, 5.74) is 1.54. The summed E-state index contributed by atoms with van der Waals surface area (Å²) in [7, 11) is 0. The van der Waals surface area contributed by atoms with Gasteiger partial charge in [0.15, 0.2) is 0 Å². The van der Waals surface area contributed by atoms with Gasteiger partial charge in [0, 0.05) is 20.6 Å². The highest BCUT2D eigenvalue weighted by molar-refractivity contribution is 6.44. The number of rotatable bonds is 1. The first-order chi connectivity index (χ1) is 7.97. The van der Waals surface area contributed by atoms with Crippen molar-refractivity contribution in [3.8, 4) is 11.1 Å². The van der Waals surface area contributed by atoms with Crippen LogP contribution >= 0.6 is 58.0 Å². The zero-order valence-electron chi connectivity index (χ0n) is 8.28. The summed E-state index contributed by atoms with van der Waals surface area (Å²) < 4.78 is 0. The maximum Gasteiger partial charge on any atom is 0.0607 e. The molecule has 2 rings (SSSR count). The van der Waals surface area contributed by atoms with E-state index in [1.54, 1.807) is 30.3 Å². The fourth-order valence-corrected chi connectivity index (χ4v) is 2.64. The van der Waals surface area contributed by atoms with E-state index in [1.165, 1.54) is 0 Å². The van der Waals surface area contributed by atoms with Crippen molar-refractivity contribution in [2.24, 2.45) is 0 Å². The Hall–Kier alpha value is -0.110. The molecule has 0 nitrogen and oxygen atoms in total. The number of hydrogen-bond acceptors (Lipinski definition) is 0. The summed E-state index contributed by atoms with van der Waals surface area (Å²) >= 11 is 29.8. The molecule has 0 unspecified atom stereocenters. The van der Waals surface area contributed by atoms with E-state index in [0.29, 0.717) is 25.1 Å². The van der Waals surface area contributed by atoms with Gasteiger partial charge in [-0.25, -0.2) is 0 Å². The first-order valence-corrected chi connectivity index (χ1v) is 6.47. The van der Waals surface area contributed by atoms with E-state index in [-0.39, 0.29) is 0 Å². The molecule has 0 aliphatic rings. The van der Waals surface area contributed by atoms with Crippen LogP contribution in [0.3, 0.4) is 0 Å². The maximum absolute atomic E-state index is 6.11. The molecule has 0 heterocycles. The van der Waals surface area contributed by atoms with Crippen molar-refractivity contribution in [2.75, 3.05) is 0 Å². The van der Waals surface area contributed by atoms with Crippen molar-refractivity contribution in [3.63, 3.8) is 0 Å². The number of hydrogen-bond donors (Lipinski definition) is 0. The van der Waals surface area contributed by atoms with Crippen LogP contribution in [0, 0.1) is 0 Å². The molecule has 5 heteroatoms. The summed E-state index contributed by atoms with van der Waals surface area (Å²) in [6.07, 6.45) is 0. The van der Waals surface area contributed by atoms with Crippen LogP contribution < -0.4 is 0 Å². The molecule has 0 N–H and O–H groups in total.